The van der Waals surface area contributed by atoms with Gasteiger partial charge in [0.2, 0.25) is 0 Å². The van der Waals surface area contributed by atoms with Gasteiger partial charge in [-0.05, 0) is 43.7 Å². The number of rotatable bonds is 5. The number of aryl methyl sites for hydroxylation is 1. The van der Waals surface area contributed by atoms with Crippen LogP contribution in [0.1, 0.15) is 12.5 Å². The number of carbonyl (C=O) groups is 1. The number of likely N-dealkylation sites (N-methyl/N-ethyl adjacent to an activating group) is 1. The minimum atomic E-state index is -0.182. The summed E-state index contributed by atoms with van der Waals surface area (Å²) in [7, 11) is 2.03. The number of urea groups is 1. The molecule has 0 aliphatic carbocycles. The topological polar surface area (TPSA) is 44.4 Å². The molecule has 2 aromatic rings. The summed E-state index contributed by atoms with van der Waals surface area (Å²) in [6.45, 7) is 4.66. The lowest BCUT2D eigenvalue weighted by Crippen LogP contribution is -2.41. The molecule has 22 heavy (non-hydrogen) atoms. The molecule has 0 aromatic heterocycles. The van der Waals surface area contributed by atoms with Crippen LogP contribution in [0.25, 0.3) is 0 Å². The molecule has 4 nitrogen and oxygen atoms in total. The van der Waals surface area contributed by atoms with Crippen LogP contribution in [0.3, 0.4) is 0 Å². The third-order valence-electron chi connectivity index (χ3n) is 3.66. The number of para-hydroxylation sites is 1. The average molecular weight is 297 g/mol. The van der Waals surface area contributed by atoms with E-state index in [4.69, 9.17) is 0 Å². The Hall–Kier alpha value is -2.49. The lowest BCUT2D eigenvalue weighted by molar-refractivity contribution is 0.251. The highest BCUT2D eigenvalue weighted by Crippen LogP contribution is 2.13. The molecule has 0 saturated carbocycles. The first kappa shape index (κ1) is 15.9. The van der Waals surface area contributed by atoms with E-state index < -0.39 is 0 Å². The predicted octanol–water partition coefficient (Wildman–Crippen LogP) is 3.64. The molecule has 0 saturated heterocycles. The lowest BCUT2D eigenvalue weighted by Gasteiger charge is -2.27. The van der Waals surface area contributed by atoms with Gasteiger partial charge in [-0.3, -0.25) is 0 Å². The number of carbonyl (C=O) groups excluding carboxylic acids is 1. The number of nitrogens with one attached hydrogen (secondary N) is 2. The SMILES string of the molecule is Cc1cccc(NC(=O)NC[C@H](C)N(C)c2ccccc2)c1. The highest BCUT2D eigenvalue weighted by Gasteiger charge is 2.11. The van der Waals surface area contributed by atoms with Crippen LogP contribution in [0.15, 0.2) is 54.6 Å². The van der Waals surface area contributed by atoms with Crippen LogP contribution in [-0.4, -0.2) is 25.7 Å². The number of benzene rings is 2. The monoisotopic (exact) mass is 297 g/mol. The zero-order valence-electron chi connectivity index (χ0n) is 13.3. The van der Waals surface area contributed by atoms with Gasteiger partial charge in [0.25, 0.3) is 0 Å². The van der Waals surface area contributed by atoms with Gasteiger partial charge in [-0.1, -0.05) is 30.3 Å². The van der Waals surface area contributed by atoms with Crippen LogP contribution in [-0.2, 0) is 0 Å². The quantitative estimate of drug-likeness (QED) is 0.885. The van der Waals surface area contributed by atoms with E-state index >= 15 is 0 Å². The number of hydrogen-bond acceptors (Lipinski definition) is 2. The molecule has 2 N–H and O–H groups in total. The maximum Gasteiger partial charge on any atom is 0.319 e. The molecular weight excluding hydrogens is 274 g/mol. The Bertz CT molecular complexity index is 613. The largest absolute Gasteiger partial charge is 0.370 e. The Morgan fingerprint density at radius 2 is 1.86 bits per heavy atom. The molecule has 1 atom stereocenters. The van der Waals surface area contributed by atoms with Crippen molar-refractivity contribution in [1.82, 2.24) is 5.32 Å². The third-order valence-corrected chi connectivity index (χ3v) is 3.66. The fourth-order valence-electron chi connectivity index (χ4n) is 2.19. The summed E-state index contributed by atoms with van der Waals surface area (Å²) in [4.78, 5) is 14.1. The zero-order chi connectivity index (χ0) is 15.9. The second-order valence-corrected chi connectivity index (χ2v) is 5.50. The summed E-state index contributed by atoms with van der Waals surface area (Å²) in [5.74, 6) is 0. The second-order valence-electron chi connectivity index (χ2n) is 5.50. The molecule has 0 heterocycles. The molecule has 0 radical (unpaired) electrons. The maximum atomic E-state index is 11.9. The summed E-state index contributed by atoms with van der Waals surface area (Å²) in [5, 5.41) is 5.76. The number of nitrogens with zero attached hydrogens (tertiary/aromatic N) is 1. The van der Waals surface area contributed by atoms with Crippen LogP contribution in [0, 0.1) is 6.92 Å². The summed E-state index contributed by atoms with van der Waals surface area (Å²) < 4.78 is 0. The van der Waals surface area contributed by atoms with Crippen molar-refractivity contribution in [2.45, 2.75) is 19.9 Å². The minimum Gasteiger partial charge on any atom is -0.370 e. The molecule has 2 amide bonds. The van der Waals surface area contributed by atoms with Gasteiger partial charge in [-0.2, -0.15) is 0 Å². The van der Waals surface area contributed by atoms with Crippen molar-refractivity contribution >= 4 is 17.4 Å². The smallest absolute Gasteiger partial charge is 0.319 e. The maximum absolute atomic E-state index is 11.9. The fourth-order valence-corrected chi connectivity index (χ4v) is 2.19. The molecule has 0 unspecified atom stereocenters. The molecule has 4 heteroatoms. The van der Waals surface area contributed by atoms with Crippen LogP contribution >= 0.6 is 0 Å². The van der Waals surface area contributed by atoms with Crippen molar-refractivity contribution in [2.75, 3.05) is 23.8 Å². The van der Waals surface area contributed by atoms with Crippen LogP contribution in [0.4, 0.5) is 16.2 Å². The summed E-state index contributed by atoms with van der Waals surface area (Å²) in [6.07, 6.45) is 0. The van der Waals surface area contributed by atoms with E-state index in [1.165, 1.54) is 0 Å². The predicted molar refractivity (Wildman–Crippen MR) is 92.5 cm³/mol. The van der Waals surface area contributed by atoms with E-state index in [1.54, 1.807) is 0 Å². The molecule has 2 aromatic carbocycles. The van der Waals surface area contributed by atoms with Gasteiger partial charge in [0.05, 0.1) is 0 Å². The summed E-state index contributed by atoms with van der Waals surface area (Å²) in [6, 6.07) is 17.9. The first-order chi connectivity index (χ1) is 10.6. The van der Waals surface area contributed by atoms with E-state index in [-0.39, 0.29) is 12.1 Å². The Balaban J connectivity index is 1.83. The van der Waals surface area contributed by atoms with Crippen molar-refractivity contribution in [3.05, 3.63) is 60.2 Å². The normalized spacial score (nSPS) is 11.6. The Morgan fingerprint density at radius 1 is 1.14 bits per heavy atom. The Morgan fingerprint density at radius 3 is 2.55 bits per heavy atom. The molecule has 116 valence electrons. The van der Waals surface area contributed by atoms with Crippen LogP contribution in [0.5, 0.6) is 0 Å². The van der Waals surface area contributed by atoms with E-state index in [1.807, 2.05) is 56.4 Å². The Labute approximate surface area is 132 Å². The van der Waals surface area contributed by atoms with Gasteiger partial charge in [-0.25, -0.2) is 4.79 Å². The van der Waals surface area contributed by atoms with E-state index in [0.717, 1.165) is 16.9 Å². The molecule has 0 bridgehead atoms. The molecule has 0 fully saturated rings. The van der Waals surface area contributed by atoms with Crippen molar-refractivity contribution in [3.8, 4) is 0 Å². The standard InChI is InChI=1S/C18H23N3O/c1-14-8-7-9-16(12-14)20-18(22)19-13-15(2)21(3)17-10-5-4-6-11-17/h4-12,15H,13H2,1-3H3,(H2,19,20,22)/t15-/m0/s1. The van der Waals surface area contributed by atoms with E-state index in [0.29, 0.717) is 6.54 Å². The number of hydrogen-bond donors (Lipinski definition) is 2. The van der Waals surface area contributed by atoms with E-state index in [9.17, 15) is 4.79 Å². The van der Waals surface area contributed by atoms with Gasteiger partial charge >= 0.3 is 6.03 Å². The average Bonchev–Trinajstić information content (AvgIpc) is 2.52. The first-order valence-corrected chi connectivity index (χ1v) is 7.45. The van der Waals surface area contributed by atoms with Gasteiger partial charge in [-0.15, -0.1) is 0 Å². The fraction of sp³-hybridized carbons (Fsp3) is 0.278. The molecule has 2 rings (SSSR count). The number of amides is 2. The molecule has 0 aliphatic heterocycles. The third kappa shape index (κ3) is 4.52. The van der Waals surface area contributed by atoms with E-state index in [2.05, 4.69) is 34.6 Å². The Kier molecular flexibility index (Phi) is 5.42. The van der Waals surface area contributed by atoms with Crippen molar-refractivity contribution in [3.63, 3.8) is 0 Å². The molecule has 0 spiro atoms. The highest BCUT2D eigenvalue weighted by atomic mass is 16.2. The van der Waals surface area contributed by atoms with Gasteiger partial charge in [0.1, 0.15) is 0 Å². The number of anilines is 2. The minimum absolute atomic E-state index is 0.182. The lowest BCUT2D eigenvalue weighted by atomic mass is 10.2. The van der Waals surface area contributed by atoms with Gasteiger partial charge < -0.3 is 15.5 Å². The van der Waals surface area contributed by atoms with Crippen LogP contribution in [0.2, 0.25) is 0 Å². The zero-order valence-corrected chi connectivity index (χ0v) is 13.3. The first-order valence-electron chi connectivity index (χ1n) is 7.45. The molecule has 0 aliphatic rings. The highest BCUT2D eigenvalue weighted by molar-refractivity contribution is 5.89. The van der Waals surface area contributed by atoms with Crippen molar-refractivity contribution < 1.29 is 4.79 Å². The second kappa shape index (κ2) is 7.50. The summed E-state index contributed by atoms with van der Waals surface area (Å²) >= 11 is 0. The summed E-state index contributed by atoms with van der Waals surface area (Å²) in [5.41, 5.74) is 3.06. The molecular formula is C18H23N3O. The van der Waals surface area contributed by atoms with Gasteiger partial charge in [0, 0.05) is 31.0 Å². The van der Waals surface area contributed by atoms with Crippen molar-refractivity contribution in [1.29, 1.82) is 0 Å². The van der Waals surface area contributed by atoms with Crippen LogP contribution < -0.4 is 15.5 Å². The van der Waals surface area contributed by atoms with Gasteiger partial charge in [0.15, 0.2) is 0 Å². The van der Waals surface area contributed by atoms with Crippen molar-refractivity contribution in [2.24, 2.45) is 0 Å².